The van der Waals surface area contributed by atoms with Crippen LogP contribution in [0.2, 0.25) is 0 Å². The molecule has 3 nitrogen and oxygen atoms in total. The summed E-state index contributed by atoms with van der Waals surface area (Å²) in [7, 11) is 0. The van der Waals surface area contributed by atoms with Crippen LogP contribution in [0.25, 0.3) is 0 Å². The molecule has 0 amide bonds. The molecular formula is C16H23N3. The Balaban J connectivity index is 3.38. The summed E-state index contributed by atoms with van der Waals surface area (Å²) in [5, 5.41) is 18.5. The van der Waals surface area contributed by atoms with Crippen molar-refractivity contribution in [3.8, 4) is 12.1 Å². The van der Waals surface area contributed by atoms with Crippen molar-refractivity contribution in [1.82, 2.24) is 0 Å². The highest BCUT2D eigenvalue weighted by Crippen LogP contribution is 2.39. The molecule has 0 spiro atoms. The summed E-state index contributed by atoms with van der Waals surface area (Å²) >= 11 is 0. The van der Waals surface area contributed by atoms with Gasteiger partial charge in [-0.1, -0.05) is 13.8 Å². The van der Waals surface area contributed by atoms with Crippen LogP contribution in [0.1, 0.15) is 53.9 Å². The lowest BCUT2D eigenvalue weighted by Crippen LogP contribution is -2.31. The minimum Gasteiger partial charge on any atom is -0.261 e. The molecule has 0 N–H and O–H groups in total. The Labute approximate surface area is 116 Å². The summed E-state index contributed by atoms with van der Waals surface area (Å²) < 4.78 is 0. The Hall–Kier alpha value is -1.61. The maximum Gasteiger partial charge on any atom is 0.0926 e. The van der Waals surface area contributed by atoms with Gasteiger partial charge in [0.1, 0.15) is 0 Å². The maximum absolute atomic E-state index is 9.49. The van der Waals surface area contributed by atoms with Gasteiger partial charge in [-0.15, -0.1) is 0 Å². The summed E-state index contributed by atoms with van der Waals surface area (Å²) in [4.78, 5) is 4.65. The van der Waals surface area contributed by atoms with Gasteiger partial charge in [0.05, 0.1) is 17.6 Å². The molecule has 0 saturated heterocycles. The smallest absolute Gasteiger partial charge is 0.0926 e. The second-order valence-corrected chi connectivity index (χ2v) is 5.72. The van der Waals surface area contributed by atoms with Crippen molar-refractivity contribution in [1.29, 1.82) is 10.5 Å². The fourth-order valence-electron chi connectivity index (χ4n) is 2.98. The molecule has 0 aromatic heterocycles. The van der Waals surface area contributed by atoms with Crippen LogP contribution in [-0.4, -0.2) is 5.71 Å². The minimum absolute atomic E-state index is 0.227. The van der Waals surface area contributed by atoms with Gasteiger partial charge in [-0.2, -0.15) is 10.5 Å². The maximum atomic E-state index is 9.49. The van der Waals surface area contributed by atoms with Crippen LogP contribution in [0.3, 0.4) is 0 Å². The molecule has 1 rings (SSSR count). The number of hydrogen-bond acceptors (Lipinski definition) is 3. The normalized spacial score (nSPS) is 38.4. The van der Waals surface area contributed by atoms with Crippen LogP contribution in [0.4, 0.5) is 0 Å². The van der Waals surface area contributed by atoms with Crippen molar-refractivity contribution in [3.63, 3.8) is 0 Å². The van der Waals surface area contributed by atoms with Gasteiger partial charge in [0.2, 0.25) is 0 Å². The predicted octanol–water partition coefficient (Wildman–Crippen LogP) is 4.23. The minimum atomic E-state index is -0.559. The number of aliphatic imine (C=N–C) groups is 1. The zero-order chi connectivity index (χ0) is 14.6. The molecule has 2 unspecified atom stereocenters. The average Bonchev–Trinajstić information content (AvgIpc) is 2.37. The first-order chi connectivity index (χ1) is 8.89. The van der Waals surface area contributed by atoms with Crippen molar-refractivity contribution in [2.75, 3.05) is 0 Å². The highest BCUT2D eigenvalue weighted by Gasteiger charge is 2.36. The molecule has 1 aliphatic rings. The van der Waals surface area contributed by atoms with E-state index in [-0.39, 0.29) is 5.92 Å². The number of hydrogen-bond donors (Lipinski definition) is 0. The van der Waals surface area contributed by atoms with Gasteiger partial charge in [-0.05, 0) is 51.0 Å². The molecule has 3 atom stereocenters. The Bertz CT molecular complexity index is 487. The zero-order valence-electron chi connectivity index (χ0n) is 12.6. The SMILES string of the molecule is CC/C1=C(C)/N=C(/C)[C@](C)(C#N)CC(CC#N)C1C. The number of allylic oxidation sites excluding steroid dienone is 2. The van der Waals surface area contributed by atoms with Crippen LogP contribution < -0.4 is 0 Å². The van der Waals surface area contributed by atoms with E-state index in [9.17, 15) is 5.26 Å². The van der Waals surface area contributed by atoms with E-state index in [0.29, 0.717) is 18.8 Å². The molecule has 0 bridgehead atoms. The first kappa shape index (κ1) is 15.4. The van der Waals surface area contributed by atoms with Crippen LogP contribution in [-0.2, 0) is 0 Å². The fraction of sp³-hybridized carbons (Fsp3) is 0.688. The number of rotatable bonds is 2. The Morgan fingerprint density at radius 2 is 2.00 bits per heavy atom. The van der Waals surface area contributed by atoms with Gasteiger partial charge >= 0.3 is 0 Å². The topological polar surface area (TPSA) is 59.9 Å². The lowest BCUT2D eigenvalue weighted by Gasteiger charge is -2.33. The Morgan fingerprint density at radius 1 is 1.37 bits per heavy atom. The Kier molecular flexibility index (Phi) is 4.90. The van der Waals surface area contributed by atoms with E-state index in [4.69, 9.17) is 5.26 Å². The highest BCUT2D eigenvalue weighted by molar-refractivity contribution is 5.91. The van der Waals surface area contributed by atoms with Gasteiger partial charge in [0.25, 0.3) is 0 Å². The van der Waals surface area contributed by atoms with Gasteiger partial charge in [-0.25, -0.2) is 0 Å². The van der Waals surface area contributed by atoms with Crippen LogP contribution in [0, 0.1) is 39.9 Å². The second kappa shape index (κ2) is 6.02. The highest BCUT2D eigenvalue weighted by atomic mass is 14.8. The first-order valence-corrected chi connectivity index (χ1v) is 6.93. The third-order valence-electron chi connectivity index (χ3n) is 4.51. The molecule has 1 heterocycles. The number of nitriles is 2. The molecule has 0 aliphatic carbocycles. The third kappa shape index (κ3) is 3.04. The van der Waals surface area contributed by atoms with Crippen molar-refractivity contribution in [3.05, 3.63) is 11.3 Å². The number of nitrogens with zero attached hydrogens (tertiary/aromatic N) is 3. The second-order valence-electron chi connectivity index (χ2n) is 5.72. The predicted molar refractivity (Wildman–Crippen MR) is 77.3 cm³/mol. The van der Waals surface area contributed by atoms with Crippen LogP contribution in [0.15, 0.2) is 16.3 Å². The van der Waals surface area contributed by atoms with Gasteiger partial charge in [0, 0.05) is 17.8 Å². The summed E-state index contributed by atoms with van der Waals surface area (Å²) in [6, 6.07) is 4.68. The van der Waals surface area contributed by atoms with E-state index in [1.54, 1.807) is 0 Å². The van der Waals surface area contributed by atoms with Crippen LogP contribution in [0.5, 0.6) is 0 Å². The summed E-state index contributed by atoms with van der Waals surface area (Å²) in [6.07, 6.45) is 2.17. The summed E-state index contributed by atoms with van der Waals surface area (Å²) in [6.45, 7) is 10.2. The fourth-order valence-corrected chi connectivity index (χ4v) is 2.98. The van der Waals surface area contributed by atoms with Crippen molar-refractivity contribution in [2.45, 2.75) is 53.9 Å². The molecule has 102 valence electrons. The summed E-state index contributed by atoms with van der Waals surface area (Å²) in [5.41, 5.74) is 2.65. The molecule has 19 heavy (non-hydrogen) atoms. The van der Waals surface area contributed by atoms with Gasteiger partial charge < -0.3 is 0 Å². The monoisotopic (exact) mass is 257 g/mol. The van der Waals surface area contributed by atoms with E-state index < -0.39 is 5.41 Å². The molecule has 0 fully saturated rings. The largest absolute Gasteiger partial charge is 0.261 e. The molecule has 1 aliphatic heterocycles. The lowest BCUT2D eigenvalue weighted by molar-refractivity contribution is 0.315. The first-order valence-electron chi connectivity index (χ1n) is 6.93. The zero-order valence-corrected chi connectivity index (χ0v) is 12.6. The van der Waals surface area contributed by atoms with Crippen LogP contribution >= 0.6 is 0 Å². The van der Waals surface area contributed by atoms with E-state index in [1.807, 2.05) is 20.8 Å². The quantitative estimate of drug-likeness (QED) is 0.743. The molecule has 0 radical (unpaired) electrons. The van der Waals surface area contributed by atoms with Gasteiger partial charge in [0.15, 0.2) is 0 Å². The molecule has 3 heteroatoms. The van der Waals surface area contributed by atoms with Crippen molar-refractivity contribution < 1.29 is 0 Å². The van der Waals surface area contributed by atoms with E-state index >= 15 is 0 Å². The van der Waals surface area contributed by atoms with Gasteiger partial charge in [-0.3, -0.25) is 4.99 Å². The standard InChI is InChI=1S/C16H23N3/c1-6-15-11(2)14(7-8-17)9-16(5,10-18)13(4)19-12(15)3/h11,14H,6-7,9H2,1-5H3/b15-12-,19-13-/t11?,14?,16-/m0/s1. The molecule has 0 aromatic rings. The van der Waals surface area contributed by atoms with E-state index in [1.165, 1.54) is 5.57 Å². The lowest BCUT2D eigenvalue weighted by atomic mass is 9.70. The molecular weight excluding hydrogens is 234 g/mol. The molecule has 0 saturated carbocycles. The third-order valence-corrected chi connectivity index (χ3v) is 4.51. The average molecular weight is 257 g/mol. The molecule has 0 aromatic carbocycles. The van der Waals surface area contributed by atoms with E-state index in [2.05, 4.69) is 31.0 Å². The summed E-state index contributed by atoms with van der Waals surface area (Å²) in [5.74, 6) is 0.541. The van der Waals surface area contributed by atoms with Crippen molar-refractivity contribution in [2.24, 2.45) is 22.2 Å². The Morgan fingerprint density at radius 3 is 2.47 bits per heavy atom. The van der Waals surface area contributed by atoms with E-state index in [0.717, 1.165) is 17.8 Å². The van der Waals surface area contributed by atoms with Crippen molar-refractivity contribution >= 4 is 5.71 Å².